The van der Waals surface area contributed by atoms with Crippen LogP contribution < -0.4 is 10.6 Å². The third-order valence-corrected chi connectivity index (χ3v) is 7.31. The predicted octanol–water partition coefficient (Wildman–Crippen LogP) is 6.43. The summed E-state index contributed by atoms with van der Waals surface area (Å²) in [5, 5.41) is 7.85. The van der Waals surface area contributed by atoms with E-state index in [4.69, 9.17) is 4.74 Å². The number of carbonyl (C=O) groups excluding carboxylic acids is 3. The first-order chi connectivity index (χ1) is 18.4. The van der Waals surface area contributed by atoms with E-state index in [2.05, 4.69) is 10.6 Å². The molecule has 0 aromatic heterocycles. The van der Waals surface area contributed by atoms with Gasteiger partial charge in [0.05, 0.1) is 0 Å². The largest absolute Gasteiger partial charge is 0.444 e. The first-order valence-corrected chi connectivity index (χ1v) is 13.6. The zero-order valence-electron chi connectivity index (χ0n) is 23.7. The van der Waals surface area contributed by atoms with Gasteiger partial charge in [-0.25, -0.2) is 4.79 Å². The van der Waals surface area contributed by atoms with Crippen molar-refractivity contribution in [3.8, 4) is 0 Å². The van der Waals surface area contributed by atoms with Crippen LogP contribution in [0.3, 0.4) is 0 Å². The predicted molar refractivity (Wildman–Crippen MR) is 155 cm³/mol. The molecule has 3 amide bonds. The number of hydrogen-bond donors (Lipinski definition) is 2. The maximum Gasteiger partial charge on any atom is 0.408 e. The molecule has 4 rings (SSSR count). The highest BCUT2D eigenvalue weighted by Crippen LogP contribution is 2.36. The van der Waals surface area contributed by atoms with Crippen molar-refractivity contribution in [1.82, 2.24) is 10.2 Å². The molecule has 7 heteroatoms. The summed E-state index contributed by atoms with van der Waals surface area (Å²) in [5.41, 5.74) is 2.74. The number of ether oxygens (including phenoxy) is 1. The van der Waals surface area contributed by atoms with Gasteiger partial charge in [-0.3, -0.25) is 9.59 Å². The molecule has 3 aromatic carbocycles. The summed E-state index contributed by atoms with van der Waals surface area (Å²) in [6.45, 7) is 10.9. The van der Waals surface area contributed by atoms with E-state index in [9.17, 15) is 14.4 Å². The van der Waals surface area contributed by atoms with Crippen molar-refractivity contribution in [2.45, 2.75) is 84.5 Å². The number of amides is 3. The SMILES string of the molecule is Cc1cccc(C(C(=O)Nc2ccc3ccccc3c2)N(C(=O)C(C)NC(=O)OC(C)(C)C)C2CCC2)c1C. The Bertz CT molecular complexity index is 1370. The highest BCUT2D eigenvalue weighted by Gasteiger charge is 2.41. The molecule has 1 fully saturated rings. The molecule has 7 nitrogen and oxygen atoms in total. The van der Waals surface area contributed by atoms with E-state index in [1.165, 1.54) is 0 Å². The zero-order valence-corrected chi connectivity index (χ0v) is 23.7. The molecule has 2 N–H and O–H groups in total. The minimum Gasteiger partial charge on any atom is -0.444 e. The summed E-state index contributed by atoms with van der Waals surface area (Å²) in [5.74, 6) is -0.603. The quantitative estimate of drug-likeness (QED) is 0.369. The van der Waals surface area contributed by atoms with Gasteiger partial charge in [0.15, 0.2) is 0 Å². The standard InChI is InChI=1S/C32H39N3O4/c1-20-11-9-16-27(21(20)2)28(29(36)34-25-18-17-23-12-7-8-13-24(23)19-25)35(26-14-10-15-26)30(37)22(3)33-31(38)39-32(4,5)6/h7-9,11-13,16-19,22,26,28H,10,14-15H2,1-6H3,(H,33,38)(H,34,36). The Hall–Kier alpha value is -3.87. The minimum absolute atomic E-state index is 0.104. The number of nitrogens with zero attached hydrogens (tertiary/aromatic N) is 1. The smallest absolute Gasteiger partial charge is 0.408 e. The Morgan fingerprint density at radius 1 is 0.949 bits per heavy atom. The van der Waals surface area contributed by atoms with Crippen molar-refractivity contribution in [3.63, 3.8) is 0 Å². The van der Waals surface area contributed by atoms with Crippen LogP contribution in [0.2, 0.25) is 0 Å². The molecule has 0 aliphatic heterocycles. The average Bonchev–Trinajstić information content (AvgIpc) is 2.83. The fourth-order valence-corrected chi connectivity index (χ4v) is 4.92. The monoisotopic (exact) mass is 529 g/mol. The summed E-state index contributed by atoms with van der Waals surface area (Å²) >= 11 is 0. The molecule has 0 heterocycles. The Kier molecular flexibility index (Phi) is 8.28. The lowest BCUT2D eigenvalue weighted by molar-refractivity contribution is -0.145. The summed E-state index contributed by atoms with van der Waals surface area (Å²) in [6.07, 6.45) is 1.92. The molecule has 0 bridgehead atoms. The topological polar surface area (TPSA) is 87.7 Å². The lowest BCUT2D eigenvalue weighted by atomic mass is 9.87. The summed E-state index contributed by atoms with van der Waals surface area (Å²) in [7, 11) is 0. The van der Waals surface area contributed by atoms with Crippen LogP contribution in [-0.4, -0.2) is 40.5 Å². The van der Waals surface area contributed by atoms with Gasteiger partial charge in [0.1, 0.15) is 17.7 Å². The first-order valence-electron chi connectivity index (χ1n) is 13.6. The van der Waals surface area contributed by atoms with Crippen molar-refractivity contribution in [2.75, 3.05) is 5.32 Å². The van der Waals surface area contributed by atoms with Gasteiger partial charge in [0.2, 0.25) is 5.91 Å². The molecule has 1 aliphatic rings. The minimum atomic E-state index is -0.874. The molecule has 1 aliphatic carbocycles. The maximum atomic E-state index is 14.1. The number of aryl methyl sites for hydroxylation is 1. The number of benzene rings is 3. The van der Waals surface area contributed by atoms with Crippen molar-refractivity contribution >= 4 is 34.4 Å². The van der Waals surface area contributed by atoms with E-state index in [0.29, 0.717) is 5.69 Å². The van der Waals surface area contributed by atoms with E-state index in [1.807, 2.05) is 74.5 Å². The lowest BCUT2D eigenvalue weighted by Gasteiger charge is -2.43. The number of carbonyl (C=O) groups is 3. The first kappa shape index (κ1) is 28.1. The molecule has 0 saturated heterocycles. The average molecular weight is 530 g/mol. The van der Waals surface area contributed by atoms with Crippen LogP contribution in [0.25, 0.3) is 10.8 Å². The van der Waals surface area contributed by atoms with Crippen LogP contribution in [0, 0.1) is 13.8 Å². The highest BCUT2D eigenvalue weighted by molar-refractivity contribution is 6.00. The molecular formula is C32H39N3O4. The van der Waals surface area contributed by atoms with Crippen LogP contribution in [0.4, 0.5) is 10.5 Å². The zero-order chi connectivity index (χ0) is 28.3. The molecule has 3 aromatic rings. The lowest BCUT2D eigenvalue weighted by Crippen LogP contribution is -2.56. The van der Waals surface area contributed by atoms with Crippen LogP contribution in [0.1, 0.15) is 69.7 Å². The van der Waals surface area contributed by atoms with Crippen LogP contribution in [-0.2, 0) is 14.3 Å². The van der Waals surface area contributed by atoms with Gasteiger partial charge in [0.25, 0.3) is 5.91 Å². The number of alkyl carbamates (subject to hydrolysis) is 1. The third kappa shape index (κ3) is 6.59. The summed E-state index contributed by atoms with van der Waals surface area (Å²) < 4.78 is 5.38. The summed E-state index contributed by atoms with van der Waals surface area (Å²) in [6, 6.07) is 17.7. The Morgan fingerprint density at radius 3 is 2.28 bits per heavy atom. The van der Waals surface area contributed by atoms with Crippen molar-refractivity contribution in [1.29, 1.82) is 0 Å². The number of fused-ring (bicyclic) bond motifs is 1. The van der Waals surface area contributed by atoms with E-state index in [-0.39, 0.29) is 17.9 Å². The maximum absolute atomic E-state index is 14.1. The second-order valence-electron chi connectivity index (χ2n) is 11.4. The van der Waals surface area contributed by atoms with Gasteiger partial charge in [0, 0.05) is 11.7 Å². The number of nitrogens with one attached hydrogen (secondary N) is 2. The Balaban J connectivity index is 1.70. The van der Waals surface area contributed by atoms with Gasteiger partial charge < -0.3 is 20.3 Å². The Labute approximate surface area is 230 Å². The normalized spacial score (nSPS) is 15.1. The molecule has 1 saturated carbocycles. The molecule has 39 heavy (non-hydrogen) atoms. The molecule has 0 radical (unpaired) electrons. The van der Waals surface area contributed by atoms with Crippen molar-refractivity contribution in [3.05, 3.63) is 77.4 Å². The molecular weight excluding hydrogens is 490 g/mol. The summed E-state index contributed by atoms with van der Waals surface area (Å²) in [4.78, 5) is 42.3. The van der Waals surface area contributed by atoms with Gasteiger partial charge in [-0.1, -0.05) is 48.5 Å². The highest BCUT2D eigenvalue weighted by atomic mass is 16.6. The van der Waals surface area contributed by atoms with Gasteiger partial charge in [-0.05, 0) is 100 Å². The molecule has 2 atom stereocenters. The third-order valence-electron chi connectivity index (χ3n) is 7.31. The second kappa shape index (κ2) is 11.5. The fourth-order valence-electron chi connectivity index (χ4n) is 4.92. The van der Waals surface area contributed by atoms with E-state index >= 15 is 0 Å². The van der Waals surface area contributed by atoms with E-state index < -0.39 is 23.8 Å². The van der Waals surface area contributed by atoms with Gasteiger partial charge in [-0.15, -0.1) is 0 Å². The van der Waals surface area contributed by atoms with Gasteiger partial charge in [-0.2, -0.15) is 0 Å². The fraction of sp³-hybridized carbons (Fsp3) is 0.406. The molecule has 206 valence electrons. The van der Waals surface area contributed by atoms with Crippen molar-refractivity contribution in [2.24, 2.45) is 0 Å². The number of anilines is 1. The molecule has 2 unspecified atom stereocenters. The van der Waals surface area contributed by atoms with Gasteiger partial charge >= 0.3 is 6.09 Å². The molecule has 0 spiro atoms. The second-order valence-corrected chi connectivity index (χ2v) is 11.4. The van der Waals surface area contributed by atoms with E-state index in [0.717, 1.165) is 46.7 Å². The van der Waals surface area contributed by atoms with Crippen LogP contribution in [0.15, 0.2) is 60.7 Å². The number of hydrogen-bond acceptors (Lipinski definition) is 4. The van der Waals surface area contributed by atoms with Crippen molar-refractivity contribution < 1.29 is 19.1 Å². The Morgan fingerprint density at radius 2 is 1.64 bits per heavy atom. The van der Waals surface area contributed by atoms with Crippen LogP contribution >= 0.6 is 0 Å². The number of rotatable bonds is 7. The van der Waals surface area contributed by atoms with E-state index in [1.54, 1.807) is 32.6 Å². The van der Waals surface area contributed by atoms with Crippen LogP contribution in [0.5, 0.6) is 0 Å².